The lowest BCUT2D eigenvalue weighted by molar-refractivity contribution is -0.112. The summed E-state index contributed by atoms with van der Waals surface area (Å²) in [6, 6.07) is 15.7. The molecule has 0 unspecified atom stereocenters. The number of ether oxygens (including phenoxy) is 1. The van der Waals surface area contributed by atoms with E-state index in [0.717, 1.165) is 5.56 Å². The van der Waals surface area contributed by atoms with Crippen LogP contribution in [-0.4, -0.2) is 25.5 Å². The van der Waals surface area contributed by atoms with E-state index in [9.17, 15) is 14.9 Å². The third-order valence-electron chi connectivity index (χ3n) is 3.66. The van der Waals surface area contributed by atoms with E-state index in [1.807, 2.05) is 18.2 Å². The molecule has 0 aliphatic rings. The summed E-state index contributed by atoms with van der Waals surface area (Å²) in [7, 11) is 1.26. The fraction of sp³-hybridized carbons (Fsp3) is 0.150. The zero-order valence-electron chi connectivity index (χ0n) is 14.7. The second-order valence-corrected chi connectivity index (χ2v) is 5.93. The van der Waals surface area contributed by atoms with Crippen LogP contribution >= 0.6 is 11.6 Å². The Bertz CT molecular complexity index is 886. The number of amides is 1. The number of para-hydroxylation sites is 1. The van der Waals surface area contributed by atoms with E-state index in [4.69, 9.17) is 11.6 Å². The van der Waals surface area contributed by atoms with Crippen molar-refractivity contribution in [1.29, 1.82) is 5.26 Å². The van der Waals surface area contributed by atoms with Gasteiger partial charge >= 0.3 is 5.97 Å². The second-order valence-electron chi connectivity index (χ2n) is 5.49. The summed E-state index contributed by atoms with van der Waals surface area (Å²) >= 11 is 5.84. The molecule has 2 aromatic carbocycles. The Labute approximate surface area is 162 Å². The first-order valence-electron chi connectivity index (χ1n) is 8.12. The summed E-state index contributed by atoms with van der Waals surface area (Å²) in [5.74, 6) is -1.19. The van der Waals surface area contributed by atoms with E-state index in [0.29, 0.717) is 18.0 Å². The van der Waals surface area contributed by atoms with Gasteiger partial charge in [0.1, 0.15) is 11.6 Å². The van der Waals surface area contributed by atoms with Gasteiger partial charge in [0.05, 0.1) is 18.4 Å². The van der Waals surface area contributed by atoms with Gasteiger partial charge in [0.2, 0.25) is 0 Å². The van der Waals surface area contributed by atoms with Gasteiger partial charge in [-0.25, -0.2) is 4.79 Å². The average Bonchev–Trinajstić information content (AvgIpc) is 2.69. The zero-order valence-corrected chi connectivity index (χ0v) is 15.4. The van der Waals surface area contributed by atoms with Crippen molar-refractivity contribution in [3.05, 3.63) is 76.5 Å². The zero-order chi connectivity index (χ0) is 19.6. The van der Waals surface area contributed by atoms with E-state index in [1.54, 1.807) is 30.3 Å². The maximum absolute atomic E-state index is 12.3. The lowest BCUT2D eigenvalue weighted by atomic mass is 10.1. The number of nitrogens with one attached hydrogen (secondary N) is 2. The fourth-order valence-corrected chi connectivity index (χ4v) is 2.39. The fourth-order valence-electron chi connectivity index (χ4n) is 2.26. The van der Waals surface area contributed by atoms with E-state index < -0.39 is 11.9 Å². The van der Waals surface area contributed by atoms with Gasteiger partial charge in [-0.1, -0.05) is 35.9 Å². The maximum Gasteiger partial charge on any atom is 0.339 e. The number of halogens is 1. The molecule has 0 aliphatic carbocycles. The number of hydrogen-bond donors (Lipinski definition) is 2. The van der Waals surface area contributed by atoms with E-state index in [-0.39, 0.29) is 16.8 Å². The molecule has 0 spiro atoms. The normalized spacial score (nSPS) is 10.6. The highest BCUT2D eigenvalue weighted by Gasteiger charge is 2.15. The second kappa shape index (κ2) is 10.00. The largest absolute Gasteiger partial charge is 0.465 e. The molecule has 0 radical (unpaired) electrons. The third kappa shape index (κ3) is 5.87. The molecule has 0 aromatic heterocycles. The molecule has 0 bridgehead atoms. The minimum absolute atomic E-state index is 0.106. The molecule has 0 saturated heterocycles. The van der Waals surface area contributed by atoms with Gasteiger partial charge < -0.3 is 15.4 Å². The van der Waals surface area contributed by atoms with Gasteiger partial charge in [0, 0.05) is 17.8 Å². The summed E-state index contributed by atoms with van der Waals surface area (Å²) in [4.78, 5) is 24.0. The van der Waals surface area contributed by atoms with Gasteiger partial charge in [-0.3, -0.25) is 4.79 Å². The van der Waals surface area contributed by atoms with Crippen molar-refractivity contribution < 1.29 is 14.3 Å². The Kier molecular flexibility index (Phi) is 7.41. The monoisotopic (exact) mass is 383 g/mol. The van der Waals surface area contributed by atoms with Crippen molar-refractivity contribution in [2.24, 2.45) is 0 Å². The Morgan fingerprint density at radius 1 is 1.19 bits per heavy atom. The summed E-state index contributed by atoms with van der Waals surface area (Å²) in [5, 5.41) is 15.4. The average molecular weight is 384 g/mol. The van der Waals surface area contributed by atoms with Crippen molar-refractivity contribution in [3.8, 4) is 6.07 Å². The summed E-state index contributed by atoms with van der Waals surface area (Å²) in [5.41, 5.74) is 1.46. The molecule has 0 atom stereocenters. The molecule has 2 rings (SSSR count). The third-order valence-corrected chi connectivity index (χ3v) is 3.92. The molecule has 7 heteroatoms. The highest BCUT2D eigenvalue weighted by molar-refractivity contribution is 6.30. The number of anilines is 1. The Morgan fingerprint density at radius 3 is 2.56 bits per heavy atom. The standard InChI is InChI=1S/C20H18ClN3O3/c1-27-20(26)17-4-2-3-5-18(17)24-19(25)15(12-22)13-23-11-10-14-6-8-16(21)9-7-14/h2-9,13,23H,10-11H2,1H3,(H,24,25)/b15-13-. The van der Waals surface area contributed by atoms with Crippen LogP contribution < -0.4 is 10.6 Å². The number of hydrogen-bond acceptors (Lipinski definition) is 5. The highest BCUT2D eigenvalue weighted by Crippen LogP contribution is 2.16. The molecule has 0 fully saturated rings. The van der Waals surface area contributed by atoms with Gasteiger partial charge in [0.25, 0.3) is 5.91 Å². The van der Waals surface area contributed by atoms with Crippen LogP contribution in [0.25, 0.3) is 0 Å². The smallest absolute Gasteiger partial charge is 0.339 e. The van der Waals surface area contributed by atoms with Crippen molar-refractivity contribution in [1.82, 2.24) is 5.32 Å². The van der Waals surface area contributed by atoms with Crippen molar-refractivity contribution >= 4 is 29.2 Å². The van der Waals surface area contributed by atoms with Crippen LogP contribution in [0.1, 0.15) is 15.9 Å². The van der Waals surface area contributed by atoms with Crippen LogP contribution in [-0.2, 0) is 16.0 Å². The molecule has 138 valence electrons. The number of methoxy groups -OCH3 is 1. The topological polar surface area (TPSA) is 91.2 Å². The van der Waals surface area contributed by atoms with E-state index >= 15 is 0 Å². The number of esters is 1. The quantitative estimate of drug-likeness (QED) is 0.331. The van der Waals surface area contributed by atoms with Crippen molar-refractivity contribution in [2.75, 3.05) is 19.0 Å². The number of benzene rings is 2. The van der Waals surface area contributed by atoms with Crippen LogP contribution in [0.4, 0.5) is 5.69 Å². The van der Waals surface area contributed by atoms with Crippen LogP contribution in [0.3, 0.4) is 0 Å². The van der Waals surface area contributed by atoms with Crippen molar-refractivity contribution in [3.63, 3.8) is 0 Å². The summed E-state index contributed by atoms with van der Waals surface area (Å²) in [6.07, 6.45) is 2.06. The number of nitrogens with zero attached hydrogens (tertiary/aromatic N) is 1. The molecule has 2 aromatic rings. The van der Waals surface area contributed by atoms with Gasteiger partial charge in [-0.2, -0.15) is 5.26 Å². The summed E-state index contributed by atoms with van der Waals surface area (Å²) in [6.45, 7) is 0.541. The number of carbonyl (C=O) groups excluding carboxylic acids is 2. The number of rotatable bonds is 7. The van der Waals surface area contributed by atoms with Crippen LogP contribution in [0.5, 0.6) is 0 Å². The lowest BCUT2D eigenvalue weighted by Crippen LogP contribution is -2.19. The Balaban J connectivity index is 1.97. The predicted octanol–water partition coefficient (Wildman–Crippen LogP) is 3.30. The molecule has 2 N–H and O–H groups in total. The molecule has 1 amide bonds. The predicted molar refractivity (Wildman–Crippen MR) is 103 cm³/mol. The van der Waals surface area contributed by atoms with Gasteiger partial charge in [0.15, 0.2) is 0 Å². The molecule has 27 heavy (non-hydrogen) atoms. The molecular weight excluding hydrogens is 366 g/mol. The molecule has 0 saturated carbocycles. The van der Waals surface area contributed by atoms with E-state index in [1.165, 1.54) is 19.4 Å². The minimum Gasteiger partial charge on any atom is -0.465 e. The number of carbonyl (C=O) groups is 2. The first kappa shape index (κ1) is 20.0. The Morgan fingerprint density at radius 2 is 1.89 bits per heavy atom. The first-order valence-corrected chi connectivity index (χ1v) is 8.49. The first-order chi connectivity index (χ1) is 13.0. The van der Waals surface area contributed by atoms with Crippen LogP contribution in [0.15, 0.2) is 60.3 Å². The van der Waals surface area contributed by atoms with Gasteiger partial charge in [-0.15, -0.1) is 0 Å². The highest BCUT2D eigenvalue weighted by atomic mass is 35.5. The van der Waals surface area contributed by atoms with Crippen molar-refractivity contribution in [2.45, 2.75) is 6.42 Å². The molecule has 0 aliphatic heterocycles. The van der Waals surface area contributed by atoms with Gasteiger partial charge in [-0.05, 0) is 36.2 Å². The number of nitriles is 1. The minimum atomic E-state index is -0.618. The maximum atomic E-state index is 12.3. The van der Waals surface area contributed by atoms with Crippen LogP contribution in [0.2, 0.25) is 5.02 Å². The molecular formula is C20H18ClN3O3. The molecule has 0 heterocycles. The Hall–Kier alpha value is -3.30. The lowest BCUT2D eigenvalue weighted by Gasteiger charge is -2.09. The van der Waals surface area contributed by atoms with E-state index in [2.05, 4.69) is 15.4 Å². The SMILES string of the molecule is COC(=O)c1ccccc1NC(=O)/C(C#N)=C\NCCc1ccc(Cl)cc1. The molecule has 6 nitrogen and oxygen atoms in total. The summed E-state index contributed by atoms with van der Waals surface area (Å²) < 4.78 is 4.68. The van der Waals surface area contributed by atoms with Crippen LogP contribution in [0, 0.1) is 11.3 Å².